The van der Waals surface area contributed by atoms with Crippen LogP contribution in [0.1, 0.15) is 46.0 Å². The largest absolute Gasteiger partial charge is 0.296 e. The summed E-state index contributed by atoms with van der Waals surface area (Å²) in [4.78, 5) is 23.3. The number of piperidine rings is 1. The maximum absolute atomic E-state index is 11.8. The Morgan fingerprint density at radius 3 is 2.73 bits per heavy atom. The van der Waals surface area contributed by atoms with Crippen LogP contribution in [-0.2, 0) is 9.59 Å². The monoisotopic (exact) mass is 209 g/mol. The van der Waals surface area contributed by atoms with E-state index >= 15 is 0 Å². The van der Waals surface area contributed by atoms with Gasteiger partial charge in [-0.15, -0.1) is 0 Å². The number of carbonyl (C=O) groups excluding carboxylic acids is 2. The Balaban J connectivity index is 2.33. The molecule has 2 amide bonds. The number of carbonyl (C=O) groups is 2. The molecule has 0 radical (unpaired) electrons. The van der Waals surface area contributed by atoms with Gasteiger partial charge < -0.3 is 0 Å². The molecule has 0 aromatic carbocycles. The van der Waals surface area contributed by atoms with Crippen LogP contribution in [0.4, 0.5) is 0 Å². The SMILES string of the molecule is CCC1C(=O)NC(=O)CC12CCCC2C. The van der Waals surface area contributed by atoms with Crippen molar-refractivity contribution in [3.63, 3.8) is 0 Å². The number of rotatable bonds is 1. The molecule has 2 rings (SSSR count). The van der Waals surface area contributed by atoms with Gasteiger partial charge in [0.1, 0.15) is 0 Å². The molecule has 1 N–H and O–H groups in total. The van der Waals surface area contributed by atoms with Gasteiger partial charge in [-0.25, -0.2) is 0 Å². The summed E-state index contributed by atoms with van der Waals surface area (Å²) < 4.78 is 0. The zero-order valence-corrected chi connectivity index (χ0v) is 9.51. The number of hydrogen-bond acceptors (Lipinski definition) is 2. The van der Waals surface area contributed by atoms with E-state index in [-0.39, 0.29) is 23.1 Å². The Kier molecular flexibility index (Phi) is 2.57. The van der Waals surface area contributed by atoms with Crippen LogP contribution >= 0.6 is 0 Å². The van der Waals surface area contributed by atoms with E-state index in [1.54, 1.807) is 0 Å². The fourth-order valence-corrected chi connectivity index (χ4v) is 3.60. The van der Waals surface area contributed by atoms with Crippen molar-refractivity contribution < 1.29 is 9.59 Å². The van der Waals surface area contributed by atoms with Gasteiger partial charge >= 0.3 is 0 Å². The molecule has 1 heterocycles. The van der Waals surface area contributed by atoms with E-state index in [1.807, 2.05) is 6.92 Å². The summed E-state index contributed by atoms with van der Waals surface area (Å²) in [5.74, 6) is 0.450. The van der Waals surface area contributed by atoms with E-state index in [2.05, 4.69) is 12.2 Å². The number of nitrogens with one attached hydrogen (secondary N) is 1. The van der Waals surface area contributed by atoms with Gasteiger partial charge in [0.25, 0.3) is 0 Å². The lowest BCUT2D eigenvalue weighted by atomic mass is 9.63. The quantitative estimate of drug-likeness (QED) is 0.670. The molecule has 1 saturated heterocycles. The predicted molar refractivity (Wildman–Crippen MR) is 57.0 cm³/mol. The number of amides is 2. The van der Waals surface area contributed by atoms with Crippen molar-refractivity contribution in [1.82, 2.24) is 5.32 Å². The maximum atomic E-state index is 11.8. The van der Waals surface area contributed by atoms with E-state index in [9.17, 15) is 9.59 Å². The van der Waals surface area contributed by atoms with E-state index in [4.69, 9.17) is 0 Å². The highest BCUT2D eigenvalue weighted by Crippen LogP contribution is 2.53. The van der Waals surface area contributed by atoms with Crippen molar-refractivity contribution >= 4 is 11.8 Å². The molecule has 1 spiro atoms. The minimum Gasteiger partial charge on any atom is -0.296 e. The minimum absolute atomic E-state index is 0.0197. The van der Waals surface area contributed by atoms with Gasteiger partial charge in [0.15, 0.2) is 0 Å². The molecule has 3 heteroatoms. The number of hydrogen-bond donors (Lipinski definition) is 1. The molecule has 1 aliphatic carbocycles. The summed E-state index contributed by atoms with van der Waals surface area (Å²) in [6.45, 7) is 4.24. The van der Waals surface area contributed by atoms with Crippen LogP contribution in [0.2, 0.25) is 0 Å². The fourth-order valence-electron chi connectivity index (χ4n) is 3.60. The smallest absolute Gasteiger partial charge is 0.230 e. The zero-order chi connectivity index (χ0) is 11.1. The molecule has 3 atom stereocenters. The molecule has 3 unspecified atom stereocenters. The molecule has 0 bridgehead atoms. The molecule has 1 saturated carbocycles. The highest BCUT2D eigenvalue weighted by Gasteiger charge is 2.52. The summed E-state index contributed by atoms with van der Waals surface area (Å²) in [6.07, 6.45) is 4.78. The molecule has 15 heavy (non-hydrogen) atoms. The van der Waals surface area contributed by atoms with E-state index in [0.29, 0.717) is 12.3 Å². The average Bonchev–Trinajstić information content (AvgIpc) is 2.48. The molecule has 84 valence electrons. The lowest BCUT2D eigenvalue weighted by Gasteiger charge is -2.42. The number of imide groups is 1. The zero-order valence-electron chi connectivity index (χ0n) is 9.51. The first-order chi connectivity index (χ1) is 7.10. The van der Waals surface area contributed by atoms with Crippen LogP contribution in [0.3, 0.4) is 0 Å². The van der Waals surface area contributed by atoms with Gasteiger partial charge in [0.05, 0.1) is 0 Å². The lowest BCUT2D eigenvalue weighted by molar-refractivity contribution is -0.145. The molecule has 2 aliphatic rings. The van der Waals surface area contributed by atoms with Gasteiger partial charge in [-0.05, 0) is 24.2 Å². The maximum Gasteiger partial charge on any atom is 0.230 e. The van der Waals surface area contributed by atoms with Gasteiger partial charge in [-0.1, -0.05) is 26.7 Å². The summed E-state index contributed by atoms with van der Waals surface area (Å²) in [5, 5.41) is 2.47. The van der Waals surface area contributed by atoms with Crippen molar-refractivity contribution in [3.05, 3.63) is 0 Å². The molecule has 2 fully saturated rings. The highest BCUT2D eigenvalue weighted by molar-refractivity contribution is 5.99. The van der Waals surface area contributed by atoms with Crippen molar-refractivity contribution in [2.24, 2.45) is 17.3 Å². The Morgan fingerprint density at radius 1 is 1.47 bits per heavy atom. The van der Waals surface area contributed by atoms with E-state index in [0.717, 1.165) is 25.7 Å². The second kappa shape index (κ2) is 3.62. The second-order valence-electron chi connectivity index (χ2n) is 5.08. The van der Waals surface area contributed by atoms with Crippen LogP contribution < -0.4 is 5.32 Å². The highest BCUT2D eigenvalue weighted by atomic mass is 16.2. The molecule has 1 aliphatic heterocycles. The fraction of sp³-hybridized carbons (Fsp3) is 0.833. The Hall–Kier alpha value is -0.860. The molecule has 3 nitrogen and oxygen atoms in total. The van der Waals surface area contributed by atoms with Crippen molar-refractivity contribution in [2.75, 3.05) is 0 Å². The van der Waals surface area contributed by atoms with Gasteiger partial charge in [-0.2, -0.15) is 0 Å². The Morgan fingerprint density at radius 2 is 2.20 bits per heavy atom. The average molecular weight is 209 g/mol. The van der Waals surface area contributed by atoms with Crippen LogP contribution in [0.25, 0.3) is 0 Å². The third-order valence-electron chi connectivity index (χ3n) is 4.43. The van der Waals surface area contributed by atoms with Crippen LogP contribution in [-0.4, -0.2) is 11.8 Å². The van der Waals surface area contributed by atoms with Gasteiger partial charge in [0.2, 0.25) is 11.8 Å². The Labute approximate surface area is 90.6 Å². The van der Waals surface area contributed by atoms with Crippen molar-refractivity contribution in [2.45, 2.75) is 46.0 Å². The van der Waals surface area contributed by atoms with Gasteiger partial charge in [-0.3, -0.25) is 14.9 Å². The van der Waals surface area contributed by atoms with Crippen LogP contribution in [0, 0.1) is 17.3 Å². The Bertz CT molecular complexity index is 300. The predicted octanol–water partition coefficient (Wildman–Crippen LogP) is 1.87. The first-order valence-electron chi connectivity index (χ1n) is 5.94. The molecule has 0 aromatic rings. The summed E-state index contributed by atoms with van der Waals surface area (Å²) >= 11 is 0. The van der Waals surface area contributed by atoms with Crippen LogP contribution in [0.15, 0.2) is 0 Å². The first-order valence-corrected chi connectivity index (χ1v) is 5.94. The van der Waals surface area contributed by atoms with Crippen LogP contribution in [0.5, 0.6) is 0 Å². The standard InChI is InChI=1S/C12H19NO2/c1-3-9-11(15)13-10(14)7-12(9)6-4-5-8(12)2/h8-9H,3-7H2,1-2H3,(H,13,14,15). The van der Waals surface area contributed by atoms with Crippen molar-refractivity contribution in [3.8, 4) is 0 Å². The minimum atomic E-state index is -0.0709. The summed E-state index contributed by atoms with van der Waals surface area (Å²) in [5.41, 5.74) is -0.0197. The first kappa shape index (κ1) is 10.7. The molecular weight excluding hydrogens is 190 g/mol. The van der Waals surface area contributed by atoms with Crippen molar-refractivity contribution in [1.29, 1.82) is 0 Å². The summed E-state index contributed by atoms with van der Waals surface area (Å²) in [7, 11) is 0. The topological polar surface area (TPSA) is 46.2 Å². The third kappa shape index (κ3) is 1.48. The van der Waals surface area contributed by atoms with E-state index in [1.165, 1.54) is 0 Å². The van der Waals surface area contributed by atoms with Gasteiger partial charge in [0, 0.05) is 12.3 Å². The molecule has 0 aromatic heterocycles. The van der Waals surface area contributed by atoms with E-state index < -0.39 is 0 Å². The summed E-state index contributed by atoms with van der Waals surface area (Å²) in [6, 6.07) is 0. The third-order valence-corrected chi connectivity index (χ3v) is 4.43. The molecular formula is C12H19NO2. The normalized spacial score (nSPS) is 40.9. The lowest BCUT2D eigenvalue weighted by Crippen LogP contribution is -2.53. The second-order valence-corrected chi connectivity index (χ2v) is 5.08.